The number of alkyl halides is 6. The van der Waals surface area contributed by atoms with Gasteiger partial charge in [-0.25, -0.2) is 8.42 Å². The van der Waals surface area contributed by atoms with Crippen molar-refractivity contribution in [1.82, 2.24) is 29.4 Å². The Kier molecular flexibility index (Phi) is 15.7. The van der Waals surface area contributed by atoms with Crippen LogP contribution in [0.3, 0.4) is 0 Å². The highest BCUT2D eigenvalue weighted by molar-refractivity contribution is 7.92. The molecule has 0 aliphatic carbocycles. The minimum absolute atomic E-state index is 0. The number of piperazine rings is 2. The van der Waals surface area contributed by atoms with Crippen molar-refractivity contribution >= 4 is 91.0 Å². The predicted molar refractivity (Wildman–Crippen MR) is 224 cm³/mol. The number of nitrogens with two attached hydrogens (primary N) is 1. The Morgan fingerprint density at radius 1 is 0.689 bits per heavy atom. The second-order valence-electron chi connectivity index (χ2n) is 13.8. The zero-order valence-electron chi connectivity index (χ0n) is 32.0. The molecule has 2 aromatic heterocycles. The summed E-state index contributed by atoms with van der Waals surface area (Å²) in [6.07, 6.45) is -8.35. The molecule has 2 amide bonds. The number of amides is 2. The van der Waals surface area contributed by atoms with Gasteiger partial charge in [-0.3, -0.25) is 23.7 Å². The van der Waals surface area contributed by atoms with Gasteiger partial charge >= 0.3 is 12.4 Å². The van der Waals surface area contributed by atoms with E-state index in [1.165, 1.54) is 18.7 Å². The van der Waals surface area contributed by atoms with Crippen LogP contribution >= 0.6 is 46.4 Å². The highest BCUT2D eigenvalue weighted by atomic mass is 35.5. The zero-order chi connectivity index (χ0) is 44.5. The maximum atomic E-state index is 13.0. The fraction of sp³-hybridized carbons (Fsp3) is 0.444. The third-order valence-corrected chi connectivity index (χ3v) is 11.8. The van der Waals surface area contributed by atoms with Crippen LogP contribution in [0.2, 0.25) is 20.1 Å². The Morgan fingerprint density at radius 2 is 1.07 bits per heavy atom. The highest BCUT2D eigenvalue weighted by Crippen LogP contribution is 2.37. The van der Waals surface area contributed by atoms with Crippen LogP contribution in [-0.2, 0) is 45.1 Å². The van der Waals surface area contributed by atoms with Crippen molar-refractivity contribution in [2.45, 2.75) is 46.7 Å². The van der Waals surface area contributed by atoms with E-state index in [1.54, 1.807) is 35.2 Å². The van der Waals surface area contributed by atoms with Crippen LogP contribution in [0.5, 0.6) is 0 Å². The van der Waals surface area contributed by atoms with E-state index >= 15 is 0 Å². The summed E-state index contributed by atoms with van der Waals surface area (Å²) in [5, 5.41) is 6.66. The molecule has 6 rings (SSSR count). The number of nitrogens with zero attached hydrogens (tertiary/aromatic N) is 8. The fourth-order valence-electron chi connectivity index (χ4n) is 6.32. The number of sulfonamides is 1. The SMILES string of the molecule is C.Cc1c(Cl)c(C(F)(F)F)nn1CC(=O)N1CCN(c2ccc(Cl)c(N)c2)CC1.Cc1c(Cl)c(C(F)(F)F)nn1CC(=O)N1CCN(c2ccc(Cl)c(NS(C)(=O)=O)c2)CC1. The van der Waals surface area contributed by atoms with Crippen LogP contribution < -0.4 is 20.3 Å². The molecule has 61 heavy (non-hydrogen) atoms. The maximum Gasteiger partial charge on any atom is 0.436 e. The molecule has 0 bridgehead atoms. The van der Waals surface area contributed by atoms with Crippen molar-refractivity contribution in [3.05, 3.63) is 79.3 Å². The molecular weight excluding hydrogens is 924 g/mol. The van der Waals surface area contributed by atoms with Gasteiger partial charge in [-0.1, -0.05) is 53.8 Å². The number of anilines is 4. The molecular formula is C36H42Cl4F6N10O4S. The molecule has 0 atom stereocenters. The Hall–Kier alpha value is -4.31. The first-order valence-electron chi connectivity index (χ1n) is 17.8. The lowest BCUT2D eigenvalue weighted by Gasteiger charge is -2.36. The Labute approximate surface area is 368 Å². The van der Waals surface area contributed by atoms with Crippen molar-refractivity contribution < 1.29 is 44.3 Å². The van der Waals surface area contributed by atoms with Gasteiger partial charge in [-0.05, 0) is 50.2 Å². The van der Waals surface area contributed by atoms with Crippen molar-refractivity contribution in [2.75, 3.05) is 78.9 Å². The summed E-state index contributed by atoms with van der Waals surface area (Å²) in [7, 11) is -3.51. The van der Waals surface area contributed by atoms with Gasteiger partial charge < -0.3 is 25.3 Å². The van der Waals surface area contributed by atoms with E-state index in [2.05, 4.69) is 19.8 Å². The maximum absolute atomic E-state index is 13.0. The largest absolute Gasteiger partial charge is 0.436 e. The van der Waals surface area contributed by atoms with E-state index in [0.29, 0.717) is 63.1 Å². The van der Waals surface area contributed by atoms with Gasteiger partial charge in [0, 0.05) is 63.7 Å². The normalized spacial score (nSPS) is 15.0. The molecule has 2 aliphatic heterocycles. The molecule has 2 fully saturated rings. The van der Waals surface area contributed by atoms with Crippen LogP contribution in [0.25, 0.3) is 0 Å². The first kappa shape index (κ1) is 49.3. The van der Waals surface area contributed by atoms with E-state index < -0.39 is 43.8 Å². The number of halogens is 10. The number of benzene rings is 2. The molecule has 0 radical (unpaired) electrons. The van der Waals surface area contributed by atoms with Crippen molar-refractivity contribution in [3.8, 4) is 0 Å². The predicted octanol–water partition coefficient (Wildman–Crippen LogP) is 7.32. The molecule has 2 saturated heterocycles. The molecule has 336 valence electrons. The number of rotatable bonds is 8. The number of hydrogen-bond acceptors (Lipinski definition) is 9. The van der Waals surface area contributed by atoms with Crippen LogP contribution in [0, 0.1) is 13.8 Å². The number of hydrogen-bond donors (Lipinski definition) is 2. The van der Waals surface area contributed by atoms with Gasteiger partial charge in [0.25, 0.3) is 0 Å². The summed E-state index contributed by atoms with van der Waals surface area (Å²) < 4.78 is 105. The number of aromatic nitrogens is 4. The summed E-state index contributed by atoms with van der Waals surface area (Å²) in [4.78, 5) is 32.3. The molecule has 3 N–H and O–H groups in total. The highest BCUT2D eigenvalue weighted by Gasteiger charge is 2.40. The molecule has 25 heteroatoms. The zero-order valence-corrected chi connectivity index (χ0v) is 35.9. The number of nitrogens with one attached hydrogen (secondary N) is 1. The molecule has 14 nitrogen and oxygen atoms in total. The lowest BCUT2D eigenvalue weighted by molar-refractivity contribution is -0.142. The van der Waals surface area contributed by atoms with Crippen molar-refractivity contribution in [2.24, 2.45) is 0 Å². The molecule has 0 spiro atoms. The van der Waals surface area contributed by atoms with Gasteiger partial charge in [-0.15, -0.1) is 0 Å². The van der Waals surface area contributed by atoms with Crippen LogP contribution in [-0.4, -0.2) is 108 Å². The number of carbonyl (C=O) groups excluding carboxylic acids is 2. The first-order chi connectivity index (χ1) is 27.8. The minimum Gasteiger partial charge on any atom is -0.397 e. The third kappa shape index (κ3) is 12.2. The van der Waals surface area contributed by atoms with Crippen LogP contribution in [0.4, 0.5) is 49.1 Å². The minimum atomic E-state index is -4.70. The number of carbonyl (C=O) groups is 2. The first-order valence-corrected chi connectivity index (χ1v) is 21.2. The van der Waals surface area contributed by atoms with Crippen molar-refractivity contribution in [1.29, 1.82) is 0 Å². The Morgan fingerprint density at radius 3 is 1.41 bits per heavy atom. The van der Waals surface area contributed by atoms with E-state index in [4.69, 9.17) is 52.1 Å². The van der Waals surface area contributed by atoms with Crippen LogP contribution in [0.15, 0.2) is 36.4 Å². The van der Waals surface area contributed by atoms with Gasteiger partial charge in [0.2, 0.25) is 21.8 Å². The number of nitrogen functional groups attached to an aromatic ring is 1. The quantitative estimate of drug-likeness (QED) is 0.137. The van der Waals surface area contributed by atoms with Gasteiger partial charge in [0.05, 0.1) is 49.1 Å². The summed E-state index contributed by atoms with van der Waals surface area (Å²) in [6, 6.07) is 10.3. The Bertz CT molecular complexity index is 2340. The molecule has 2 aromatic carbocycles. The van der Waals surface area contributed by atoms with E-state index in [-0.39, 0.29) is 54.4 Å². The van der Waals surface area contributed by atoms with Crippen LogP contribution in [0.1, 0.15) is 30.2 Å². The van der Waals surface area contributed by atoms with Gasteiger partial charge in [0.1, 0.15) is 13.1 Å². The summed E-state index contributed by atoms with van der Waals surface area (Å²) in [6.45, 7) is 5.67. The smallest absolute Gasteiger partial charge is 0.397 e. The van der Waals surface area contributed by atoms with Gasteiger partial charge in [-0.2, -0.15) is 36.5 Å². The summed E-state index contributed by atoms with van der Waals surface area (Å²) in [5.74, 6) is -0.692. The molecule has 0 saturated carbocycles. The van der Waals surface area contributed by atoms with Crippen molar-refractivity contribution in [3.63, 3.8) is 0 Å². The average molecular weight is 967 g/mol. The topological polar surface area (TPSA) is 155 Å². The van der Waals surface area contributed by atoms with E-state index in [1.807, 2.05) is 11.0 Å². The van der Waals surface area contributed by atoms with E-state index in [9.17, 15) is 44.3 Å². The molecule has 2 aliphatic rings. The lowest BCUT2D eigenvalue weighted by Crippen LogP contribution is -2.49. The Balaban J connectivity index is 0.000000266. The third-order valence-electron chi connectivity index (χ3n) is 9.59. The molecule has 4 aromatic rings. The van der Waals surface area contributed by atoms with E-state index in [0.717, 1.165) is 27.0 Å². The summed E-state index contributed by atoms with van der Waals surface area (Å²) in [5.41, 5.74) is 5.96. The molecule has 4 heterocycles. The second kappa shape index (κ2) is 19.4. The fourth-order valence-corrected chi connectivity index (χ4v) is 7.71. The van der Waals surface area contributed by atoms with Gasteiger partial charge in [0.15, 0.2) is 11.4 Å². The summed E-state index contributed by atoms with van der Waals surface area (Å²) >= 11 is 23.4. The monoisotopic (exact) mass is 964 g/mol. The average Bonchev–Trinajstić information content (AvgIpc) is 3.62. The second-order valence-corrected chi connectivity index (χ2v) is 17.1. The standard InChI is InChI=1S/C18H20Cl2F3N5O3S.C17H18Cl2F3N5O.CH4/c1-11-16(20)17(18(21,22)23)24-28(11)10-15(29)27-7-5-26(6-8-27)12-3-4-13(19)14(9-12)25-32(2,30)31;1-10-15(19)16(17(20,21)22)24-27(10)9-14(28)26-6-4-25(5-7-26)11-2-3-12(18)13(23)8-11;/h3-4,9,25H,5-8,10H2,1-2H3;2-3,8H,4-7,9,23H2,1H3;1H4. The lowest BCUT2D eigenvalue weighted by atomic mass is 10.2. The molecule has 0 unspecified atom stereocenters.